The van der Waals surface area contributed by atoms with E-state index in [1.807, 2.05) is 0 Å². The molecule has 0 spiro atoms. The van der Waals surface area contributed by atoms with Crippen LogP contribution >= 0.6 is 0 Å². The number of aliphatic carboxylic acids is 2. The summed E-state index contributed by atoms with van der Waals surface area (Å²) >= 11 is 0. The minimum absolute atomic E-state index is 0.460. The molecule has 0 aliphatic carbocycles. The van der Waals surface area contributed by atoms with E-state index >= 15 is 0 Å². The molecule has 0 aromatic heterocycles. The SMILES string of the molecule is O=C(O)C(C(=O)O)C1CCCCO1. The van der Waals surface area contributed by atoms with Crippen LogP contribution < -0.4 is 0 Å². The van der Waals surface area contributed by atoms with Crippen LogP contribution in [0.25, 0.3) is 0 Å². The van der Waals surface area contributed by atoms with Crippen molar-refractivity contribution >= 4 is 11.9 Å². The lowest BCUT2D eigenvalue weighted by Gasteiger charge is -2.25. The molecule has 0 aromatic carbocycles. The summed E-state index contributed by atoms with van der Waals surface area (Å²) in [5.74, 6) is -4.06. The smallest absolute Gasteiger partial charge is 0.320 e. The van der Waals surface area contributed by atoms with Crippen molar-refractivity contribution < 1.29 is 24.5 Å². The minimum atomic E-state index is -1.42. The van der Waals surface area contributed by atoms with Crippen LogP contribution in [0.15, 0.2) is 0 Å². The highest BCUT2D eigenvalue weighted by atomic mass is 16.5. The molecule has 1 heterocycles. The number of rotatable bonds is 3. The standard InChI is InChI=1S/C8H12O5/c9-7(10)6(8(11)12)5-3-1-2-4-13-5/h5-6H,1-4H2,(H,9,10)(H,11,12). The van der Waals surface area contributed by atoms with Crippen molar-refractivity contribution in [1.82, 2.24) is 0 Å². The molecule has 1 rings (SSSR count). The van der Waals surface area contributed by atoms with E-state index in [0.717, 1.165) is 12.8 Å². The molecule has 0 radical (unpaired) electrons. The van der Waals surface area contributed by atoms with Crippen LogP contribution in [0.5, 0.6) is 0 Å². The molecule has 1 aliphatic heterocycles. The van der Waals surface area contributed by atoms with Gasteiger partial charge in [-0.25, -0.2) is 0 Å². The molecule has 1 unspecified atom stereocenters. The number of carboxylic acids is 2. The molecule has 1 aliphatic rings. The lowest BCUT2D eigenvalue weighted by molar-refractivity contribution is -0.163. The first-order valence-electron chi connectivity index (χ1n) is 4.20. The Hall–Kier alpha value is -1.10. The van der Waals surface area contributed by atoms with Gasteiger partial charge in [0.2, 0.25) is 0 Å². The molecule has 0 aromatic rings. The Morgan fingerprint density at radius 1 is 1.23 bits per heavy atom. The zero-order valence-electron chi connectivity index (χ0n) is 7.10. The molecule has 5 heteroatoms. The van der Waals surface area contributed by atoms with Crippen molar-refractivity contribution in [3.8, 4) is 0 Å². The monoisotopic (exact) mass is 188 g/mol. The van der Waals surface area contributed by atoms with Crippen molar-refractivity contribution in [3.05, 3.63) is 0 Å². The van der Waals surface area contributed by atoms with Crippen LogP contribution in [-0.4, -0.2) is 34.9 Å². The molecule has 0 amide bonds. The fraction of sp³-hybridized carbons (Fsp3) is 0.750. The molecule has 0 bridgehead atoms. The second-order valence-electron chi connectivity index (χ2n) is 3.06. The first-order chi connectivity index (χ1) is 6.13. The zero-order chi connectivity index (χ0) is 9.84. The summed E-state index contributed by atoms with van der Waals surface area (Å²) in [6.07, 6.45) is 1.57. The van der Waals surface area contributed by atoms with Gasteiger partial charge in [-0.2, -0.15) is 0 Å². The minimum Gasteiger partial charge on any atom is -0.481 e. The largest absolute Gasteiger partial charge is 0.481 e. The summed E-state index contributed by atoms with van der Waals surface area (Å²) < 4.78 is 5.10. The molecule has 1 fully saturated rings. The quantitative estimate of drug-likeness (QED) is 0.624. The van der Waals surface area contributed by atoms with Gasteiger partial charge in [0.05, 0.1) is 6.10 Å². The van der Waals surface area contributed by atoms with Crippen LogP contribution in [-0.2, 0) is 14.3 Å². The molecule has 1 saturated heterocycles. The second-order valence-corrected chi connectivity index (χ2v) is 3.06. The number of hydrogen-bond donors (Lipinski definition) is 2. The Morgan fingerprint density at radius 2 is 1.85 bits per heavy atom. The van der Waals surface area contributed by atoms with E-state index in [4.69, 9.17) is 14.9 Å². The summed E-state index contributed by atoms with van der Waals surface area (Å²) in [5.41, 5.74) is 0. The second kappa shape index (κ2) is 4.23. The molecule has 5 nitrogen and oxygen atoms in total. The topological polar surface area (TPSA) is 83.8 Å². The van der Waals surface area contributed by atoms with E-state index < -0.39 is 24.0 Å². The highest BCUT2D eigenvalue weighted by molar-refractivity contribution is 5.93. The molecular weight excluding hydrogens is 176 g/mol. The first kappa shape index (κ1) is 9.98. The molecule has 2 N–H and O–H groups in total. The van der Waals surface area contributed by atoms with Gasteiger partial charge in [0.1, 0.15) is 0 Å². The Kier molecular flexibility index (Phi) is 3.25. The molecule has 13 heavy (non-hydrogen) atoms. The average Bonchev–Trinajstić information content (AvgIpc) is 2.04. The van der Waals surface area contributed by atoms with Gasteiger partial charge in [0, 0.05) is 6.61 Å². The maximum absolute atomic E-state index is 10.6. The van der Waals surface area contributed by atoms with Crippen molar-refractivity contribution in [2.24, 2.45) is 5.92 Å². The highest BCUT2D eigenvalue weighted by Crippen LogP contribution is 2.20. The lowest BCUT2D eigenvalue weighted by atomic mass is 9.96. The molecular formula is C8H12O5. The highest BCUT2D eigenvalue weighted by Gasteiger charge is 2.36. The fourth-order valence-electron chi connectivity index (χ4n) is 1.45. The van der Waals surface area contributed by atoms with E-state index in [2.05, 4.69) is 0 Å². The van der Waals surface area contributed by atoms with Crippen LogP contribution in [0, 0.1) is 5.92 Å². The van der Waals surface area contributed by atoms with Crippen LogP contribution in [0.2, 0.25) is 0 Å². The number of ether oxygens (including phenoxy) is 1. The van der Waals surface area contributed by atoms with Gasteiger partial charge in [-0.1, -0.05) is 0 Å². The van der Waals surface area contributed by atoms with Crippen LogP contribution in [0.1, 0.15) is 19.3 Å². The summed E-state index contributed by atoms with van der Waals surface area (Å²) in [7, 11) is 0. The predicted molar refractivity (Wildman–Crippen MR) is 42.4 cm³/mol. The third-order valence-electron chi connectivity index (χ3n) is 2.12. The van der Waals surface area contributed by atoms with Crippen LogP contribution in [0.4, 0.5) is 0 Å². The number of hydrogen-bond acceptors (Lipinski definition) is 3. The Balaban J connectivity index is 2.62. The Labute approximate surface area is 75.3 Å². The van der Waals surface area contributed by atoms with Gasteiger partial charge in [0.25, 0.3) is 0 Å². The van der Waals surface area contributed by atoms with Crippen molar-refractivity contribution in [2.45, 2.75) is 25.4 Å². The molecule has 0 saturated carbocycles. The van der Waals surface area contributed by atoms with Crippen molar-refractivity contribution in [1.29, 1.82) is 0 Å². The van der Waals surface area contributed by atoms with E-state index in [-0.39, 0.29) is 0 Å². The first-order valence-corrected chi connectivity index (χ1v) is 4.20. The predicted octanol–water partition coefficient (Wildman–Crippen LogP) is 0.341. The third kappa shape index (κ3) is 2.42. The van der Waals surface area contributed by atoms with Gasteiger partial charge in [0.15, 0.2) is 5.92 Å². The van der Waals surface area contributed by atoms with Gasteiger partial charge in [-0.15, -0.1) is 0 Å². The third-order valence-corrected chi connectivity index (χ3v) is 2.12. The van der Waals surface area contributed by atoms with Gasteiger partial charge >= 0.3 is 11.9 Å². The lowest BCUT2D eigenvalue weighted by Crippen LogP contribution is -2.38. The molecule has 74 valence electrons. The fourth-order valence-corrected chi connectivity index (χ4v) is 1.45. The van der Waals surface area contributed by atoms with E-state index in [0.29, 0.717) is 13.0 Å². The normalized spacial score (nSPS) is 23.0. The molecule has 1 atom stereocenters. The van der Waals surface area contributed by atoms with Crippen LogP contribution in [0.3, 0.4) is 0 Å². The van der Waals surface area contributed by atoms with Gasteiger partial charge < -0.3 is 14.9 Å². The average molecular weight is 188 g/mol. The maximum atomic E-state index is 10.6. The number of carbonyl (C=O) groups is 2. The summed E-state index contributed by atoms with van der Waals surface area (Å²) in [5, 5.41) is 17.3. The van der Waals surface area contributed by atoms with Crippen molar-refractivity contribution in [2.75, 3.05) is 6.61 Å². The zero-order valence-corrected chi connectivity index (χ0v) is 7.10. The Morgan fingerprint density at radius 3 is 2.23 bits per heavy atom. The Bertz CT molecular complexity index is 193. The van der Waals surface area contributed by atoms with Gasteiger partial charge in [-0.3, -0.25) is 9.59 Å². The number of carboxylic acid groups (broad SMARTS) is 2. The van der Waals surface area contributed by atoms with E-state index in [1.54, 1.807) is 0 Å². The summed E-state index contributed by atoms with van der Waals surface area (Å²) in [6.45, 7) is 0.460. The van der Waals surface area contributed by atoms with Gasteiger partial charge in [-0.05, 0) is 19.3 Å². The van der Waals surface area contributed by atoms with E-state index in [9.17, 15) is 9.59 Å². The maximum Gasteiger partial charge on any atom is 0.320 e. The van der Waals surface area contributed by atoms with E-state index in [1.165, 1.54) is 0 Å². The summed E-state index contributed by atoms with van der Waals surface area (Å²) in [4.78, 5) is 21.2. The van der Waals surface area contributed by atoms with Crippen molar-refractivity contribution in [3.63, 3.8) is 0 Å². The summed E-state index contributed by atoms with van der Waals surface area (Å²) in [6, 6.07) is 0.